The van der Waals surface area contributed by atoms with Gasteiger partial charge in [0.2, 0.25) is 0 Å². The highest BCUT2D eigenvalue weighted by molar-refractivity contribution is 5.79. The summed E-state index contributed by atoms with van der Waals surface area (Å²) in [4.78, 5) is 32.6. The van der Waals surface area contributed by atoms with E-state index < -0.39 is 0 Å². The first kappa shape index (κ1) is 17.4. The first-order valence-corrected chi connectivity index (χ1v) is 8.54. The summed E-state index contributed by atoms with van der Waals surface area (Å²) in [6.45, 7) is 1.94. The number of carbonyl (C=O) groups is 1. The lowest BCUT2D eigenvalue weighted by molar-refractivity contribution is 0.111. The second-order valence-electron chi connectivity index (χ2n) is 6.14. The summed E-state index contributed by atoms with van der Waals surface area (Å²) in [7, 11) is 1.74. The molecular weight excluding hydrogens is 358 g/mol. The molecule has 0 bridgehead atoms. The van der Waals surface area contributed by atoms with Gasteiger partial charge in [-0.05, 0) is 36.8 Å². The summed E-state index contributed by atoms with van der Waals surface area (Å²) < 4.78 is 2.88. The minimum atomic E-state index is -0.269. The SMILES string of the molecule is CNc1cc(Nc2cccn(-c3cc(C)ccn3)c2=O)nn2c(C=O)cnc12. The Morgan fingerprint density at radius 3 is 2.75 bits per heavy atom. The predicted octanol–water partition coefficient (Wildman–Crippen LogP) is 2.18. The molecule has 0 unspecified atom stereocenters. The van der Waals surface area contributed by atoms with Gasteiger partial charge >= 0.3 is 0 Å². The zero-order chi connectivity index (χ0) is 19.7. The fourth-order valence-electron chi connectivity index (χ4n) is 2.87. The third-order valence-corrected chi connectivity index (χ3v) is 4.24. The van der Waals surface area contributed by atoms with Crippen LogP contribution in [-0.2, 0) is 0 Å². The molecule has 0 aliphatic rings. The van der Waals surface area contributed by atoms with Crippen LogP contribution in [0, 0.1) is 6.92 Å². The Bertz CT molecular complexity index is 1240. The number of aromatic nitrogens is 5. The minimum Gasteiger partial charge on any atom is -0.385 e. The van der Waals surface area contributed by atoms with Gasteiger partial charge < -0.3 is 10.6 Å². The van der Waals surface area contributed by atoms with Crippen molar-refractivity contribution in [3.05, 3.63) is 70.5 Å². The molecule has 0 fully saturated rings. The van der Waals surface area contributed by atoms with Crippen LogP contribution in [0.5, 0.6) is 0 Å². The number of carbonyl (C=O) groups excluding carboxylic acids is 1. The van der Waals surface area contributed by atoms with Crippen LogP contribution in [0.4, 0.5) is 17.2 Å². The van der Waals surface area contributed by atoms with E-state index in [1.54, 1.807) is 37.6 Å². The van der Waals surface area contributed by atoms with Crippen LogP contribution in [0.1, 0.15) is 16.1 Å². The first-order valence-electron chi connectivity index (χ1n) is 8.54. The van der Waals surface area contributed by atoms with Crippen LogP contribution in [0.25, 0.3) is 11.5 Å². The summed E-state index contributed by atoms with van der Waals surface area (Å²) in [6, 6.07) is 8.83. The molecule has 28 heavy (non-hydrogen) atoms. The summed E-state index contributed by atoms with van der Waals surface area (Å²) in [5.74, 6) is 0.927. The molecule has 4 aromatic rings. The fraction of sp³-hybridized carbons (Fsp3) is 0.105. The van der Waals surface area contributed by atoms with E-state index in [4.69, 9.17) is 0 Å². The standard InChI is InChI=1S/C19H17N7O2/c1-12-5-6-21-17(8-12)25-7-3-4-14(19(25)28)23-16-9-15(20-2)18-22-10-13(11-27)26(18)24-16/h3-11,20H,1-2H3,(H,23,24). The monoisotopic (exact) mass is 375 g/mol. The number of fused-ring (bicyclic) bond motifs is 1. The molecule has 0 amide bonds. The number of imidazole rings is 1. The largest absolute Gasteiger partial charge is 0.385 e. The molecule has 0 aliphatic heterocycles. The van der Waals surface area contributed by atoms with Crippen molar-refractivity contribution in [2.45, 2.75) is 6.92 Å². The van der Waals surface area contributed by atoms with E-state index in [1.807, 2.05) is 19.1 Å². The quantitative estimate of drug-likeness (QED) is 0.515. The summed E-state index contributed by atoms with van der Waals surface area (Å²) in [6.07, 6.45) is 5.44. The molecule has 4 heterocycles. The molecule has 0 atom stereocenters. The van der Waals surface area contributed by atoms with Crippen molar-refractivity contribution < 1.29 is 4.79 Å². The van der Waals surface area contributed by atoms with Gasteiger partial charge in [0.25, 0.3) is 5.56 Å². The van der Waals surface area contributed by atoms with Crippen LogP contribution >= 0.6 is 0 Å². The van der Waals surface area contributed by atoms with Crippen molar-refractivity contribution >= 4 is 29.1 Å². The molecule has 0 saturated heterocycles. The van der Waals surface area contributed by atoms with Gasteiger partial charge in [0, 0.05) is 25.5 Å². The number of aldehydes is 1. The third kappa shape index (κ3) is 2.98. The van der Waals surface area contributed by atoms with E-state index in [0.717, 1.165) is 5.56 Å². The number of anilines is 3. The lowest BCUT2D eigenvalue weighted by atomic mass is 10.3. The van der Waals surface area contributed by atoms with Gasteiger partial charge in [-0.2, -0.15) is 0 Å². The van der Waals surface area contributed by atoms with Crippen LogP contribution in [0.15, 0.2) is 53.7 Å². The molecule has 4 aromatic heterocycles. The minimum absolute atomic E-state index is 0.269. The maximum absolute atomic E-state index is 12.9. The van der Waals surface area contributed by atoms with Crippen LogP contribution < -0.4 is 16.2 Å². The Kier molecular flexibility index (Phi) is 4.32. The molecule has 9 heteroatoms. The highest BCUT2D eigenvalue weighted by Gasteiger charge is 2.12. The van der Waals surface area contributed by atoms with E-state index >= 15 is 0 Å². The number of hydrogen-bond acceptors (Lipinski definition) is 7. The topological polar surface area (TPSA) is 106 Å². The Morgan fingerprint density at radius 2 is 2.00 bits per heavy atom. The van der Waals surface area contributed by atoms with Crippen molar-refractivity contribution in [2.75, 3.05) is 17.7 Å². The first-order chi connectivity index (χ1) is 13.6. The second-order valence-corrected chi connectivity index (χ2v) is 6.14. The average Bonchev–Trinajstić information content (AvgIpc) is 3.12. The van der Waals surface area contributed by atoms with Gasteiger partial charge in [-0.15, -0.1) is 5.10 Å². The maximum atomic E-state index is 12.9. The summed E-state index contributed by atoms with van der Waals surface area (Å²) in [5.41, 5.74) is 2.56. The van der Waals surface area contributed by atoms with Gasteiger partial charge in [-0.3, -0.25) is 14.2 Å². The molecule has 4 rings (SSSR count). The lowest BCUT2D eigenvalue weighted by Gasteiger charge is -2.11. The number of hydrogen-bond donors (Lipinski definition) is 2. The van der Waals surface area contributed by atoms with Gasteiger partial charge in [-0.1, -0.05) is 0 Å². The van der Waals surface area contributed by atoms with Gasteiger partial charge in [0.15, 0.2) is 17.8 Å². The predicted molar refractivity (Wildman–Crippen MR) is 106 cm³/mol. The zero-order valence-electron chi connectivity index (χ0n) is 15.2. The number of aryl methyl sites for hydroxylation is 1. The van der Waals surface area contributed by atoms with Crippen molar-refractivity contribution in [1.29, 1.82) is 0 Å². The molecule has 0 radical (unpaired) electrons. The van der Waals surface area contributed by atoms with Crippen LogP contribution in [0.2, 0.25) is 0 Å². The molecule has 0 saturated carbocycles. The Labute approximate surface area is 159 Å². The lowest BCUT2D eigenvalue weighted by Crippen LogP contribution is -2.21. The Balaban J connectivity index is 1.79. The second kappa shape index (κ2) is 6.95. The molecule has 140 valence electrons. The van der Waals surface area contributed by atoms with E-state index in [0.29, 0.717) is 40.6 Å². The number of nitrogens with zero attached hydrogens (tertiary/aromatic N) is 5. The summed E-state index contributed by atoms with van der Waals surface area (Å²) >= 11 is 0. The van der Waals surface area contributed by atoms with Gasteiger partial charge in [-0.25, -0.2) is 14.5 Å². The van der Waals surface area contributed by atoms with E-state index in [-0.39, 0.29) is 5.56 Å². The molecule has 9 nitrogen and oxygen atoms in total. The van der Waals surface area contributed by atoms with Crippen molar-refractivity contribution in [3.8, 4) is 5.82 Å². The van der Waals surface area contributed by atoms with Crippen LogP contribution in [0.3, 0.4) is 0 Å². The smallest absolute Gasteiger partial charge is 0.279 e. The normalized spacial score (nSPS) is 10.8. The van der Waals surface area contributed by atoms with Crippen molar-refractivity contribution in [1.82, 2.24) is 24.1 Å². The van der Waals surface area contributed by atoms with Crippen LogP contribution in [-0.4, -0.2) is 37.5 Å². The van der Waals surface area contributed by atoms with E-state index in [2.05, 4.69) is 25.7 Å². The van der Waals surface area contributed by atoms with E-state index in [9.17, 15) is 9.59 Å². The average molecular weight is 375 g/mol. The number of nitrogens with one attached hydrogen (secondary N) is 2. The number of pyridine rings is 2. The summed E-state index contributed by atoms with van der Waals surface area (Å²) in [5, 5.41) is 10.4. The highest BCUT2D eigenvalue weighted by Crippen LogP contribution is 2.21. The molecule has 0 spiro atoms. The third-order valence-electron chi connectivity index (χ3n) is 4.24. The zero-order valence-corrected chi connectivity index (χ0v) is 15.2. The number of rotatable bonds is 5. The maximum Gasteiger partial charge on any atom is 0.279 e. The molecule has 0 aliphatic carbocycles. The molecular formula is C19H17N7O2. The van der Waals surface area contributed by atoms with Crippen molar-refractivity contribution in [3.63, 3.8) is 0 Å². The highest BCUT2D eigenvalue weighted by atomic mass is 16.1. The van der Waals surface area contributed by atoms with Gasteiger partial charge in [0.1, 0.15) is 17.2 Å². The fourth-order valence-corrected chi connectivity index (χ4v) is 2.87. The Hall–Kier alpha value is -4.01. The molecule has 2 N–H and O–H groups in total. The Morgan fingerprint density at radius 1 is 1.14 bits per heavy atom. The molecule has 0 aromatic carbocycles. The van der Waals surface area contributed by atoms with Gasteiger partial charge in [0.05, 0.1) is 11.9 Å². The van der Waals surface area contributed by atoms with Crippen molar-refractivity contribution in [2.24, 2.45) is 0 Å². The van der Waals surface area contributed by atoms with E-state index in [1.165, 1.54) is 15.3 Å².